The number of hydrogen-bond acceptors (Lipinski definition) is 4. The van der Waals surface area contributed by atoms with Crippen LogP contribution in [0.3, 0.4) is 0 Å². The number of sulfonamides is 1. The van der Waals surface area contributed by atoms with Crippen molar-refractivity contribution >= 4 is 39.1 Å². The third-order valence-corrected chi connectivity index (χ3v) is 6.95. The molecule has 1 atom stereocenters. The topological polar surface area (TPSA) is 86.8 Å². The molecule has 0 aliphatic rings. The SMILES string of the molecule is CCCCNC(=O)[C@H](CC)N(CCc1ccccc1)C(=O)CN(c1ccccc1Cl)S(C)(=O)=O. The highest BCUT2D eigenvalue weighted by atomic mass is 35.5. The number of hydrogen-bond donors (Lipinski definition) is 1. The second kappa shape index (κ2) is 13.3. The summed E-state index contributed by atoms with van der Waals surface area (Å²) in [7, 11) is -3.81. The van der Waals surface area contributed by atoms with Gasteiger partial charge in [-0.3, -0.25) is 13.9 Å². The van der Waals surface area contributed by atoms with E-state index in [2.05, 4.69) is 5.32 Å². The lowest BCUT2D eigenvalue weighted by Gasteiger charge is -2.33. The van der Waals surface area contributed by atoms with Crippen molar-refractivity contribution < 1.29 is 18.0 Å². The second-order valence-corrected chi connectivity index (χ2v) is 10.4. The summed E-state index contributed by atoms with van der Waals surface area (Å²) in [5, 5.41) is 3.13. The fraction of sp³-hybridized carbons (Fsp3) is 0.440. The molecule has 34 heavy (non-hydrogen) atoms. The molecule has 2 aromatic carbocycles. The van der Waals surface area contributed by atoms with Crippen molar-refractivity contribution in [1.29, 1.82) is 0 Å². The molecule has 186 valence electrons. The number of carbonyl (C=O) groups excluding carboxylic acids is 2. The summed E-state index contributed by atoms with van der Waals surface area (Å²) in [4.78, 5) is 28.0. The summed E-state index contributed by atoms with van der Waals surface area (Å²) >= 11 is 6.25. The van der Waals surface area contributed by atoms with Gasteiger partial charge in [-0.15, -0.1) is 0 Å². The second-order valence-electron chi connectivity index (χ2n) is 8.11. The van der Waals surface area contributed by atoms with Gasteiger partial charge in [-0.25, -0.2) is 8.42 Å². The summed E-state index contributed by atoms with van der Waals surface area (Å²) in [6.45, 7) is 4.24. The number of para-hydroxylation sites is 1. The zero-order valence-electron chi connectivity index (χ0n) is 20.0. The lowest BCUT2D eigenvalue weighted by atomic mass is 10.1. The average Bonchev–Trinajstić information content (AvgIpc) is 2.80. The molecule has 0 saturated heterocycles. The molecule has 0 unspecified atom stereocenters. The maximum Gasteiger partial charge on any atom is 0.244 e. The molecule has 0 heterocycles. The van der Waals surface area contributed by atoms with E-state index >= 15 is 0 Å². The Labute approximate surface area is 208 Å². The number of rotatable bonds is 13. The minimum atomic E-state index is -3.81. The quantitative estimate of drug-likeness (QED) is 0.417. The Kier molecular flexibility index (Phi) is 10.9. The van der Waals surface area contributed by atoms with E-state index in [1.807, 2.05) is 44.2 Å². The van der Waals surface area contributed by atoms with Crippen molar-refractivity contribution in [3.63, 3.8) is 0 Å². The third kappa shape index (κ3) is 8.02. The highest BCUT2D eigenvalue weighted by Gasteiger charge is 2.31. The van der Waals surface area contributed by atoms with Gasteiger partial charge in [0.2, 0.25) is 21.8 Å². The Morgan fingerprint density at radius 2 is 1.68 bits per heavy atom. The van der Waals surface area contributed by atoms with Crippen LogP contribution in [-0.4, -0.2) is 57.1 Å². The van der Waals surface area contributed by atoms with Gasteiger partial charge in [-0.05, 0) is 37.0 Å². The van der Waals surface area contributed by atoms with Crippen molar-refractivity contribution in [2.45, 2.75) is 45.6 Å². The molecular formula is C25H34ClN3O4S. The molecule has 0 saturated carbocycles. The smallest absolute Gasteiger partial charge is 0.244 e. The number of nitrogens with zero attached hydrogens (tertiary/aromatic N) is 2. The molecule has 1 N–H and O–H groups in total. The highest BCUT2D eigenvalue weighted by molar-refractivity contribution is 7.92. The van der Waals surface area contributed by atoms with Crippen LogP contribution in [0.1, 0.15) is 38.7 Å². The Morgan fingerprint density at radius 3 is 2.26 bits per heavy atom. The van der Waals surface area contributed by atoms with Crippen LogP contribution in [0.25, 0.3) is 0 Å². The van der Waals surface area contributed by atoms with Gasteiger partial charge < -0.3 is 10.2 Å². The van der Waals surface area contributed by atoms with Crippen molar-refractivity contribution in [3.8, 4) is 0 Å². The fourth-order valence-electron chi connectivity index (χ4n) is 3.65. The zero-order valence-corrected chi connectivity index (χ0v) is 21.6. The zero-order chi connectivity index (χ0) is 25.1. The van der Waals surface area contributed by atoms with Crippen LogP contribution < -0.4 is 9.62 Å². The number of nitrogens with one attached hydrogen (secondary N) is 1. The van der Waals surface area contributed by atoms with Crippen molar-refractivity contribution in [2.75, 3.05) is 30.2 Å². The number of carbonyl (C=O) groups is 2. The predicted octanol–water partition coefficient (Wildman–Crippen LogP) is 3.87. The maximum atomic E-state index is 13.5. The van der Waals surface area contributed by atoms with E-state index in [0.29, 0.717) is 19.4 Å². The Bertz CT molecular complexity index is 1050. The molecule has 0 spiro atoms. The Hall–Kier alpha value is -2.58. The molecule has 0 fully saturated rings. The average molecular weight is 508 g/mol. The Morgan fingerprint density at radius 1 is 1.03 bits per heavy atom. The fourth-order valence-corrected chi connectivity index (χ4v) is 4.80. The van der Waals surface area contributed by atoms with E-state index < -0.39 is 28.5 Å². The summed E-state index contributed by atoms with van der Waals surface area (Å²) in [6, 6.07) is 15.4. The van der Waals surface area contributed by atoms with Gasteiger partial charge in [0.15, 0.2) is 0 Å². The minimum absolute atomic E-state index is 0.223. The van der Waals surface area contributed by atoms with Gasteiger partial charge in [0.05, 0.1) is 17.0 Å². The minimum Gasteiger partial charge on any atom is -0.354 e. The number of amides is 2. The van der Waals surface area contributed by atoms with Crippen LogP contribution in [0, 0.1) is 0 Å². The molecule has 0 aliphatic carbocycles. The molecule has 0 aliphatic heterocycles. The monoisotopic (exact) mass is 507 g/mol. The molecule has 9 heteroatoms. The van der Waals surface area contributed by atoms with Gasteiger partial charge in [0.1, 0.15) is 12.6 Å². The first-order chi connectivity index (χ1) is 16.2. The molecule has 2 aromatic rings. The lowest BCUT2D eigenvalue weighted by Crippen LogP contribution is -2.53. The van der Waals surface area contributed by atoms with Crippen LogP contribution >= 0.6 is 11.6 Å². The van der Waals surface area contributed by atoms with Crippen LogP contribution in [0.2, 0.25) is 5.02 Å². The van der Waals surface area contributed by atoms with Gasteiger partial charge >= 0.3 is 0 Å². The summed E-state index contributed by atoms with van der Waals surface area (Å²) in [6.07, 6.45) is 3.76. The largest absolute Gasteiger partial charge is 0.354 e. The molecule has 2 amide bonds. The summed E-state index contributed by atoms with van der Waals surface area (Å²) < 4.78 is 26.2. The Balaban J connectivity index is 2.33. The predicted molar refractivity (Wildman–Crippen MR) is 137 cm³/mol. The number of halogens is 1. The van der Waals surface area contributed by atoms with E-state index in [1.54, 1.807) is 24.3 Å². The van der Waals surface area contributed by atoms with Crippen LogP contribution in [0.4, 0.5) is 5.69 Å². The van der Waals surface area contributed by atoms with Crippen LogP contribution in [0.5, 0.6) is 0 Å². The maximum absolute atomic E-state index is 13.5. The van der Waals surface area contributed by atoms with E-state index in [9.17, 15) is 18.0 Å². The lowest BCUT2D eigenvalue weighted by molar-refractivity contribution is -0.139. The third-order valence-electron chi connectivity index (χ3n) is 5.50. The van der Waals surface area contributed by atoms with Gasteiger partial charge in [0, 0.05) is 13.1 Å². The first-order valence-corrected chi connectivity index (χ1v) is 13.7. The number of unbranched alkanes of at least 4 members (excludes halogenated alkanes) is 1. The van der Waals surface area contributed by atoms with E-state index in [-0.39, 0.29) is 23.2 Å². The molecule has 7 nitrogen and oxygen atoms in total. The van der Waals surface area contributed by atoms with Crippen LogP contribution in [-0.2, 0) is 26.0 Å². The first-order valence-electron chi connectivity index (χ1n) is 11.5. The normalized spacial score (nSPS) is 12.1. The van der Waals surface area contributed by atoms with Gasteiger partial charge in [0.25, 0.3) is 0 Å². The van der Waals surface area contributed by atoms with E-state index in [4.69, 9.17) is 11.6 Å². The molecule has 0 aromatic heterocycles. The highest BCUT2D eigenvalue weighted by Crippen LogP contribution is 2.27. The van der Waals surface area contributed by atoms with Crippen molar-refractivity contribution in [1.82, 2.24) is 10.2 Å². The van der Waals surface area contributed by atoms with E-state index in [1.165, 1.54) is 4.90 Å². The summed E-state index contributed by atoms with van der Waals surface area (Å²) in [5.74, 6) is -0.695. The number of benzene rings is 2. The molecule has 2 rings (SSSR count). The molecule has 0 bridgehead atoms. The number of anilines is 1. The van der Waals surface area contributed by atoms with E-state index in [0.717, 1.165) is 29.0 Å². The molecular weight excluding hydrogens is 474 g/mol. The van der Waals surface area contributed by atoms with Gasteiger partial charge in [-0.2, -0.15) is 0 Å². The van der Waals surface area contributed by atoms with Crippen LogP contribution in [0.15, 0.2) is 54.6 Å². The first kappa shape index (κ1) is 27.7. The molecule has 0 radical (unpaired) electrons. The summed E-state index contributed by atoms with van der Waals surface area (Å²) in [5.41, 5.74) is 1.25. The van der Waals surface area contributed by atoms with Gasteiger partial charge in [-0.1, -0.05) is 74.3 Å². The van der Waals surface area contributed by atoms with Crippen molar-refractivity contribution in [2.24, 2.45) is 0 Å². The standard InChI is InChI=1S/C25H34ClN3O4S/c1-4-6-17-27-25(31)22(5-2)28(18-16-20-12-8-7-9-13-20)24(30)19-29(34(3,32)33)23-15-11-10-14-21(23)26/h7-15,22H,4-6,16-19H2,1-3H3,(H,27,31)/t22-/m0/s1. The van der Waals surface area contributed by atoms with Crippen molar-refractivity contribution in [3.05, 3.63) is 65.2 Å².